The van der Waals surface area contributed by atoms with E-state index in [1.807, 2.05) is 41.6 Å². The van der Waals surface area contributed by atoms with Gasteiger partial charge < -0.3 is 9.15 Å². The van der Waals surface area contributed by atoms with Crippen LogP contribution in [0.15, 0.2) is 40.8 Å². The summed E-state index contributed by atoms with van der Waals surface area (Å²) in [7, 11) is 0. The van der Waals surface area contributed by atoms with E-state index in [2.05, 4.69) is 4.98 Å². The topological polar surface area (TPSA) is 52.3 Å². The first-order chi connectivity index (χ1) is 11.4. The van der Waals surface area contributed by atoms with Gasteiger partial charge in [0.15, 0.2) is 9.52 Å². The molecule has 3 rings (SSSR count). The molecule has 3 aromatic rings. The number of fused-ring (bicyclic) bond motifs is 1. The van der Waals surface area contributed by atoms with Crippen molar-refractivity contribution in [3.8, 4) is 5.75 Å². The van der Waals surface area contributed by atoms with E-state index in [4.69, 9.17) is 32.4 Å². The molecule has 0 spiro atoms. The zero-order valence-corrected chi connectivity index (χ0v) is 16.0. The van der Waals surface area contributed by atoms with E-state index < -0.39 is 5.97 Å². The molecule has 0 aliphatic heterocycles. The van der Waals surface area contributed by atoms with E-state index in [1.165, 1.54) is 18.2 Å². The summed E-state index contributed by atoms with van der Waals surface area (Å²) in [4.78, 5) is 16.5. The monoisotopic (exact) mass is 473 g/mol. The molecular formula is C17H10Cl2INO3. The van der Waals surface area contributed by atoms with Crippen molar-refractivity contribution < 1.29 is 13.9 Å². The molecule has 0 bridgehead atoms. The van der Waals surface area contributed by atoms with Gasteiger partial charge >= 0.3 is 5.97 Å². The third-order valence-electron chi connectivity index (χ3n) is 3.16. The fourth-order valence-electron chi connectivity index (χ4n) is 2.09. The molecule has 0 aliphatic carbocycles. The summed E-state index contributed by atoms with van der Waals surface area (Å²) in [6.45, 7) is 1.83. The van der Waals surface area contributed by atoms with Crippen molar-refractivity contribution >= 4 is 68.7 Å². The van der Waals surface area contributed by atoms with Crippen LogP contribution in [0, 0.1) is 10.7 Å². The highest BCUT2D eigenvalue weighted by Gasteiger charge is 2.15. The lowest BCUT2D eigenvalue weighted by molar-refractivity contribution is -0.128. The van der Waals surface area contributed by atoms with E-state index in [1.54, 1.807) is 12.1 Å². The highest BCUT2D eigenvalue weighted by molar-refractivity contribution is 14.1. The molecule has 0 saturated heterocycles. The number of benzene rings is 1. The van der Waals surface area contributed by atoms with Crippen LogP contribution in [0.2, 0.25) is 10.0 Å². The fraction of sp³-hybridized carbons (Fsp3) is 0.0588. The van der Waals surface area contributed by atoms with Crippen molar-refractivity contribution in [1.82, 2.24) is 4.98 Å². The van der Waals surface area contributed by atoms with E-state index in [0.29, 0.717) is 21.7 Å². The summed E-state index contributed by atoms with van der Waals surface area (Å²) in [5.41, 5.74) is 1.21. The Labute approximate surface area is 161 Å². The Balaban J connectivity index is 1.93. The molecule has 4 nitrogen and oxygen atoms in total. The van der Waals surface area contributed by atoms with Crippen molar-refractivity contribution in [3.05, 3.63) is 61.7 Å². The Kier molecular flexibility index (Phi) is 5.12. The van der Waals surface area contributed by atoms with Crippen LogP contribution in [0.25, 0.3) is 17.0 Å². The number of ether oxygens (including phenoxy) is 1. The molecule has 0 aliphatic rings. The lowest BCUT2D eigenvalue weighted by Gasteiger charge is -2.09. The highest BCUT2D eigenvalue weighted by Crippen LogP contribution is 2.37. The lowest BCUT2D eigenvalue weighted by atomic mass is 10.2. The molecule has 122 valence electrons. The Morgan fingerprint density at radius 1 is 1.25 bits per heavy atom. The number of rotatable bonds is 3. The second-order valence-electron chi connectivity index (χ2n) is 4.91. The Morgan fingerprint density at radius 3 is 2.75 bits per heavy atom. The quantitative estimate of drug-likeness (QED) is 0.213. The Morgan fingerprint density at radius 2 is 2.04 bits per heavy atom. The first-order valence-electron chi connectivity index (χ1n) is 6.84. The van der Waals surface area contributed by atoms with Gasteiger partial charge in [-0.3, -0.25) is 0 Å². The van der Waals surface area contributed by atoms with Gasteiger partial charge in [-0.1, -0.05) is 23.2 Å². The number of furan rings is 1. The smallest absolute Gasteiger partial charge is 0.336 e. The van der Waals surface area contributed by atoms with Gasteiger partial charge in [-0.25, -0.2) is 9.78 Å². The molecule has 0 amide bonds. The maximum Gasteiger partial charge on any atom is 0.336 e. The van der Waals surface area contributed by atoms with Gasteiger partial charge in [-0.2, -0.15) is 0 Å². The van der Waals surface area contributed by atoms with E-state index in [-0.39, 0.29) is 10.8 Å². The van der Waals surface area contributed by atoms with E-state index >= 15 is 0 Å². The molecule has 0 N–H and O–H groups in total. The summed E-state index contributed by atoms with van der Waals surface area (Å²) >= 11 is 14.4. The third kappa shape index (κ3) is 3.74. The molecule has 0 fully saturated rings. The van der Waals surface area contributed by atoms with Gasteiger partial charge in [-0.05, 0) is 65.9 Å². The minimum atomic E-state index is -0.588. The van der Waals surface area contributed by atoms with Crippen LogP contribution in [0.3, 0.4) is 0 Å². The van der Waals surface area contributed by atoms with Gasteiger partial charge in [0.25, 0.3) is 0 Å². The van der Waals surface area contributed by atoms with Gasteiger partial charge in [0, 0.05) is 17.2 Å². The number of hydrogen-bond donors (Lipinski definition) is 0. The Bertz CT molecular complexity index is 966. The van der Waals surface area contributed by atoms with Gasteiger partial charge in [0.1, 0.15) is 11.3 Å². The van der Waals surface area contributed by atoms with Crippen molar-refractivity contribution in [2.24, 2.45) is 0 Å². The summed E-state index contributed by atoms with van der Waals surface area (Å²) in [5.74, 6) is 0.149. The normalized spacial score (nSPS) is 11.3. The lowest BCUT2D eigenvalue weighted by Crippen LogP contribution is -2.05. The minimum absolute atomic E-state index is 0.184. The second-order valence-corrected chi connectivity index (χ2v) is 6.79. The SMILES string of the molecule is Cc1ccc2c(Cl)cc(Cl)c(OC(=O)C=Cc3ccc(I)o3)c2n1. The summed E-state index contributed by atoms with van der Waals surface area (Å²) in [6.07, 6.45) is 2.79. The first kappa shape index (κ1) is 17.3. The molecule has 0 unspecified atom stereocenters. The number of pyridine rings is 1. The second kappa shape index (κ2) is 7.13. The number of hydrogen-bond acceptors (Lipinski definition) is 4. The molecule has 0 saturated carbocycles. The van der Waals surface area contributed by atoms with Gasteiger partial charge in [0.05, 0.1) is 10.0 Å². The summed E-state index contributed by atoms with van der Waals surface area (Å²) in [5, 5.41) is 1.34. The average Bonchev–Trinajstić information content (AvgIpc) is 2.94. The van der Waals surface area contributed by atoms with Crippen LogP contribution in [0.5, 0.6) is 5.75 Å². The molecular weight excluding hydrogens is 464 g/mol. The molecule has 0 atom stereocenters. The molecule has 7 heteroatoms. The average molecular weight is 474 g/mol. The number of aryl methyl sites for hydroxylation is 1. The highest BCUT2D eigenvalue weighted by atomic mass is 127. The van der Waals surface area contributed by atoms with Gasteiger partial charge in [-0.15, -0.1) is 0 Å². The number of esters is 1. The van der Waals surface area contributed by atoms with Crippen LogP contribution in [-0.2, 0) is 4.79 Å². The van der Waals surface area contributed by atoms with Crippen molar-refractivity contribution in [3.63, 3.8) is 0 Å². The predicted molar refractivity (Wildman–Crippen MR) is 103 cm³/mol. The molecule has 2 aromatic heterocycles. The zero-order valence-electron chi connectivity index (χ0n) is 12.3. The number of carbonyl (C=O) groups is 1. The van der Waals surface area contributed by atoms with Crippen LogP contribution in [0.1, 0.15) is 11.5 Å². The summed E-state index contributed by atoms with van der Waals surface area (Å²) in [6, 6.07) is 8.72. The number of carbonyl (C=O) groups excluding carboxylic acids is 1. The maximum absolute atomic E-state index is 12.1. The van der Waals surface area contributed by atoms with Crippen LogP contribution in [0.4, 0.5) is 0 Å². The van der Waals surface area contributed by atoms with E-state index in [9.17, 15) is 4.79 Å². The third-order valence-corrected chi connectivity index (χ3v) is 4.33. The minimum Gasteiger partial charge on any atom is -0.451 e. The van der Waals surface area contributed by atoms with E-state index in [0.717, 1.165) is 9.46 Å². The van der Waals surface area contributed by atoms with Crippen molar-refractivity contribution in [1.29, 1.82) is 0 Å². The van der Waals surface area contributed by atoms with Gasteiger partial charge in [0.2, 0.25) is 0 Å². The summed E-state index contributed by atoms with van der Waals surface area (Å²) < 4.78 is 11.4. The number of aromatic nitrogens is 1. The number of nitrogens with zero attached hydrogens (tertiary/aromatic N) is 1. The van der Waals surface area contributed by atoms with Crippen LogP contribution in [-0.4, -0.2) is 11.0 Å². The standard InChI is InChI=1S/C17H10Cl2INO3/c1-9-2-5-11-12(18)8-13(19)17(16(11)21-9)24-15(22)7-4-10-3-6-14(20)23-10/h2-8H,1H3. The zero-order chi connectivity index (χ0) is 17.3. The largest absolute Gasteiger partial charge is 0.451 e. The molecule has 1 aromatic carbocycles. The Hall–Kier alpha value is -1.57. The molecule has 0 radical (unpaired) electrons. The maximum atomic E-state index is 12.1. The molecule has 2 heterocycles. The van der Waals surface area contributed by atoms with Crippen molar-refractivity contribution in [2.45, 2.75) is 6.92 Å². The van der Waals surface area contributed by atoms with Crippen molar-refractivity contribution in [2.75, 3.05) is 0 Å². The fourth-order valence-corrected chi connectivity index (χ4v) is 3.08. The van der Waals surface area contributed by atoms with Crippen LogP contribution < -0.4 is 4.74 Å². The molecule has 24 heavy (non-hydrogen) atoms. The van der Waals surface area contributed by atoms with Crippen LogP contribution >= 0.6 is 45.8 Å². The number of halogens is 3. The predicted octanol–water partition coefficient (Wildman–Crippen LogP) is 5.67. The first-order valence-corrected chi connectivity index (χ1v) is 8.68.